The van der Waals surface area contributed by atoms with Gasteiger partial charge in [-0.05, 0) is 18.9 Å². The molecule has 0 aromatic heterocycles. The van der Waals surface area contributed by atoms with Crippen molar-refractivity contribution in [2.45, 2.75) is 32.1 Å². The molecule has 0 saturated carbocycles. The van der Waals surface area contributed by atoms with E-state index in [1.165, 1.54) is 13.2 Å². The summed E-state index contributed by atoms with van der Waals surface area (Å²) >= 11 is 0. The second-order valence-electron chi connectivity index (χ2n) is 3.24. The summed E-state index contributed by atoms with van der Waals surface area (Å²) in [6.45, 7) is 4.02. The van der Waals surface area contributed by atoms with Crippen molar-refractivity contribution < 1.29 is 14.3 Å². The highest BCUT2D eigenvalue weighted by Gasteiger charge is 1.99. The lowest BCUT2D eigenvalue weighted by molar-refractivity contribution is -0.140. The van der Waals surface area contributed by atoms with Crippen LogP contribution < -0.4 is 5.32 Å². The fraction of sp³-hybridized carbons (Fsp3) is 0.636. The summed E-state index contributed by atoms with van der Waals surface area (Å²) in [5.74, 6) is -0.292. The van der Waals surface area contributed by atoms with Crippen LogP contribution in [0.2, 0.25) is 0 Å². The molecule has 86 valence electrons. The average molecular weight is 213 g/mol. The van der Waals surface area contributed by atoms with Crippen molar-refractivity contribution in [2.24, 2.45) is 0 Å². The van der Waals surface area contributed by atoms with Crippen molar-refractivity contribution >= 4 is 11.9 Å². The Morgan fingerprint density at radius 2 is 1.93 bits per heavy atom. The van der Waals surface area contributed by atoms with Crippen molar-refractivity contribution in [1.82, 2.24) is 5.32 Å². The first-order chi connectivity index (χ1) is 7.20. The van der Waals surface area contributed by atoms with Gasteiger partial charge in [0.2, 0.25) is 5.91 Å². The Bertz CT molecular complexity index is 214. The van der Waals surface area contributed by atoms with E-state index < -0.39 is 0 Å². The largest absolute Gasteiger partial charge is 0.469 e. The van der Waals surface area contributed by atoms with E-state index in [1.807, 2.05) is 0 Å². The van der Waals surface area contributed by atoms with E-state index in [-0.39, 0.29) is 11.9 Å². The van der Waals surface area contributed by atoms with Crippen LogP contribution in [0, 0.1) is 0 Å². The molecule has 0 rings (SSSR count). The maximum Gasteiger partial charge on any atom is 0.305 e. The summed E-state index contributed by atoms with van der Waals surface area (Å²) in [7, 11) is 1.40. The van der Waals surface area contributed by atoms with Crippen LogP contribution in [0.5, 0.6) is 0 Å². The molecule has 1 N–H and O–H groups in total. The first-order valence-corrected chi connectivity index (χ1v) is 5.17. The number of carbonyl (C=O) groups is 2. The van der Waals surface area contributed by atoms with Gasteiger partial charge in [0.05, 0.1) is 7.11 Å². The Balaban J connectivity index is 3.15. The SMILES string of the molecule is C=CC(=O)NCCCCCCC(=O)OC. The Kier molecular flexibility index (Phi) is 8.43. The fourth-order valence-corrected chi connectivity index (χ4v) is 1.13. The number of esters is 1. The van der Waals surface area contributed by atoms with Gasteiger partial charge in [-0.2, -0.15) is 0 Å². The number of methoxy groups -OCH3 is 1. The minimum absolute atomic E-state index is 0.135. The number of carbonyl (C=O) groups excluding carboxylic acids is 2. The molecule has 4 nitrogen and oxygen atoms in total. The number of amides is 1. The number of unbranched alkanes of at least 4 members (excludes halogenated alkanes) is 3. The normalized spacial score (nSPS) is 9.40. The second kappa shape index (κ2) is 9.24. The summed E-state index contributed by atoms with van der Waals surface area (Å²) in [4.78, 5) is 21.5. The Labute approximate surface area is 90.7 Å². The average Bonchev–Trinajstić information content (AvgIpc) is 2.26. The van der Waals surface area contributed by atoms with Gasteiger partial charge in [-0.15, -0.1) is 0 Å². The second-order valence-corrected chi connectivity index (χ2v) is 3.24. The van der Waals surface area contributed by atoms with Gasteiger partial charge in [-0.3, -0.25) is 9.59 Å². The molecule has 0 aromatic rings. The predicted molar refractivity (Wildman–Crippen MR) is 58.3 cm³/mol. The summed E-state index contributed by atoms with van der Waals surface area (Å²) in [5, 5.41) is 2.69. The van der Waals surface area contributed by atoms with E-state index in [2.05, 4.69) is 16.6 Å². The molecule has 1 amide bonds. The molecule has 0 radical (unpaired) electrons. The van der Waals surface area contributed by atoms with Gasteiger partial charge < -0.3 is 10.1 Å². The van der Waals surface area contributed by atoms with Gasteiger partial charge in [0, 0.05) is 13.0 Å². The number of rotatable bonds is 8. The first-order valence-electron chi connectivity index (χ1n) is 5.17. The van der Waals surface area contributed by atoms with Gasteiger partial charge in [-0.25, -0.2) is 0 Å². The monoisotopic (exact) mass is 213 g/mol. The standard InChI is InChI=1S/C11H19NO3/c1-3-10(13)12-9-7-5-4-6-8-11(14)15-2/h3H,1,4-9H2,2H3,(H,12,13). The number of hydrogen-bond donors (Lipinski definition) is 1. The highest BCUT2D eigenvalue weighted by atomic mass is 16.5. The molecule has 0 aromatic carbocycles. The third-order valence-electron chi connectivity index (χ3n) is 2.02. The first kappa shape index (κ1) is 13.7. The third-order valence-corrected chi connectivity index (χ3v) is 2.02. The van der Waals surface area contributed by atoms with E-state index >= 15 is 0 Å². The zero-order valence-electron chi connectivity index (χ0n) is 9.25. The van der Waals surface area contributed by atoms with Gasteiger partial charge in [0.25, 0.3) is 0 Å². The van der Waals surface area contributed by atoms with Gasteiger partial charge in [0.15, 0.2) is 0 Å². The molecule has 15 heavy (non-hydrogen) atoms. The van der Waals surface area contributed by atoms with Crippen LogP contribution in [0.4, 0.5) is 0 Å². The van der Waals surface area contributed by atoms with Crippen LogP contribution in [0.1, 0.15) is 32.1 Å². The predicted octanol–water partition coefficient (Wildman–Crippen LogP) is 1.41. The number of nitrogens with one attached hydrogen (secondary N) is 1. The van der Waals surface area contributed by atoms with E-state index in [1.54, 1.807) is 0 Å². The highest BCUT2D eigenvalue weighted by Crippen LogP contribution is 2.03. The molecule has 0 saturated heterocycles. The van der Waals surface area contributed by atoms with Gasteiger partial charge in [0.1, 0.15) is 0 Å². The lowest BCUT2D eigenvalue weighted by Crippen LogP contribution is -2.21. The molecular formula is C11H19NO3. The minimum atomic E-state index is -0.157. The van der Waals surface area contributed by atoms with Crippen LogP contribution in [0.3, 0.4) is 0 Å². The zero-order chi connectivity index (χ0) is 11.5. The molecule has 0 heterocycles. The molecule has 0 spiro atoms. The quantitative estimate of drug-likeness (QED) is 0.377. The van der Waals surface area contributed by atoms with Gasteiger partial charge in [-0.1, -0.05) is 19.4 Å². The Hall–Kier alpha value is -1.32. The molecule has 0 fully saturated rings. The Morgan fingerprint density at radius 3 is 2.53 bits per heavy atom. The van der Waals surface area contributed by atoms with Gasteiger partial charge >= 0.3 is 5.97 Å². The molecule has 0 aliphatic rings. The number of ether oxygens (including phenoxy) is 1. The summed E-state index contributed by atoms with van der Waals surface area (Å²) in [5.41, 5.74) is 0. The maximum absolute atomic E-state index is 10.7. The Morgan fingerprint density at radius 1 is 1.27 bits per heavy atom. The molecule has 0 aliphatic heterocycles. The van der Waals surface area contributed by atoms with Crippen molar-refractivity contribution in [2.75, 3.05) is 13.7 Å². The molecule has 0 bridgehead atoms. The van der Waals surface area contributed by atoms with Crippen molar-refractivity contribution in [3.8, 4) is 0 Å². The smallest absolute Gasteiger partial charge is 0.305 e. The van der Waals surface area contributed by atoms with E-state index in [0.717, 1.165) is 25.7 Å². The summed E-state index contributed by atoms with van der Waals surface area (Å²) in [6, 6.07) is 0. The lowest BCUT2D eigenvalue weighted by atomic mass is 10.1. The van der Waals surface area contributed by atoms with Crippen LogP contribution in [0.15, 0.2) is 12.7 Å². The zero-order valence-corrected chi connectivity index (χ0v) is 9.25. The molecular weight excluding hydrogens is 194 g/mol. The van der Waals surface area contributed by atoms with Crippen molar-refractivity contribution in [3.05, 3.63) is 12.7 Å². The van der Waals surface area contributed by atoms with Crippen LogP contribution in [-0.2, 0) is 14.3 Å². The van der Waals surface area contributed by atoms with Crippen LogP contribution in [0.25, 0.3) is 0 Å². The van der Waals surface area contributed by atoms with E-state index in [0.29, 0.717) is 13.0 Å². The molecule has 4 heteroatoms. The molecule has 0 aliphatic carbocycles. The maximum atomic E-state index is 10.7. The van der Waals surface area contributed by atoms with E-state index in [4.69, 9.17) is 0 Å². The highest BCUT2D eigenvalue weighted by molar-refractivity contribution is 5.86. The fourth-order valence-electron chi connectivity index (χ4n) is 1.13. The minimum Gasteiger partial charge on any atom is -0.469 e. The summed E-state index contributed by atoms with van der Waals surface area (Å²) < 4.78 is 4.52. The van der Waals surface area contributed by atoms with Crippen LogP contribution in [-0.4, -0.2) is 25.5 Å². The van der Waals surface area contributed by atoms with Crippen molar-refractivity contribution in [3.63, 3.8) is 0 Å². The number of hydrogen-bond acceptors (Lipinski definition) is 3. The molecule has 0 unspecified atom stereocenters. The van der Waals surface area contributed by atoms with Crippen LogP contribution >= 0.6 is 0 Å². The lowest BCUT2D eigenvalue weighted by Gasteiger charge is -2.02. The summed E-state index contributed by atoms with van der Waals surface area (Å²) in [6.07, 6.45) is 5.52. The third kappa shape index (κ3) is 9.00. The van der Waals surface area contributed by atoms with Crippen molar-refractivity contribution in [1.29, 1.82) is 0 Å². The van der Waals surface area contributed by atoms with E-state index in [9.17, 15) is 9.59 Å². The molecule has 0 atom stereocenters. The topological polar surface area (TPSA) is 55.4 Å².